The summed E-state index contributed by atoms with van der Waals surface area (Å²) in [6, 6.07) is 10.1. The number of aliphatic hydroxyl groups is 1. The molecule has 6 heteroatoms. The molecule has 1 saturated heterocycles. The van der Waals surface area contributed by atoms with Gasteiger partial charge in [-0.2, -0.15) is 0 Å². The molecule has 0 bridgehead atoms. The third-order valence-electron chi connectivity index (χ3n) is 4.69. The van der Waals surface area contributed by atoms with E-state index in [1.54, 1.807) is 7.11 Å². The number of methoxy groups -OCH3 is 1. The summed E-state index contributed by atoms with van der Waals surface area (Å²) in [5, 5.41) is 13.7. The second kappa shape index (κ2) is 12.7. The van der Waals surface area contributed by atoms with Gasteiger partial charge in [0.25, 0.3) is 0 Å². The zero-order valence-electron chi connectivity index (χ0n) is 16.8. The van der Waals surface area contributed by atoms with Crippen molar-refractivity contribution < 1.29 is 14.6 Å². The summed E-state index contributed by atoms with van der Waals surface area (Å²) in [5.41, 5.74) is 1.14. The number of ether oxygens (including phenoxy) is 2. The molecule has 0 aliphatic carbocycles. The van der Waals surface area contributed by atoms with Gasteiger partial charge in [0.05, 0.1) is 18.8 Å². The Hall–Kier alpha value is -1.63. The first kappa shape index (κ1) is 21.7. The van der Waals surface area contributed by atoms with Gasteiger partial charge in [-0.3, -0.25) is 4.99 Å². The number of benzene rings is 1. The van der Waals surface area contributed by atoms with Gasteiger partial charge in [-0.15, -0.1) is 0 Å². The van der Waals surface area contributed by atoms with Crippen LogP contribution >= 0.6 is 0 Å². The number of hydrogen-bond donors (Lipinski definition) is 2. The molecule has 0 aromatic heterocycles. The van der Waals surface area contributed by atoms with Gasteiger partial charge in [-0.25, -0.2) is 0 Å². The second-order valence-electron chi connectivity index (χ2n) is 6.94. The van der Waals surface area contributed by atoms with E-state index in [-0.39, 0.29) is 0 Å². The monoisotopic (exact) mass is 377 g/mol. The molecule has 152 valence electrons. The van der Waals surface area contributed by atoms with Crippen molar-refractivity contribution in [2.75, 3.05) is 46.5 Å². The molecule has 1 fully saturated rings. The Morgan fingerprint density at radius 1 is 1.26 bits per heavy atom. The third kappa shape index (κ3) is 8.28. The van der Waals surface area contributed by atoms with Crippen LogP contribution in [0.3, 0.4) is 0 Å². The van der Waals surface area contributed by atoms with E-state index >= 15 is 0 Å². The van der Waals surface area contributed by atoms with E-state index in [0.29, 0.717) is 19.1 Å². The number of guanidine groups is 1. The lowest BCUT2D eigenvalue weighted by molar-refractivity contribution is 0.00986. The Balaban J connectivity index is 1.77. The van der Waals surface area contributed by atoms with E-state index in [4.69, 9.17) is 9.47 Å². The number of nitrogens with one attached hydrogen (secondary N) is 1. The first-order chi connectivity index (χ1) is 13.2. The fraction of sp³-hybridized carbons (Fsp3) is 0.667. The van der Waals surface area contributed by atoms with Crippen LogP contribution in [0.1, 0.15) is 31.7 Å². The summed E-state index contributed by atoms with van der Waals surface area (Å²) in [4.78, 5) is 6.94. The van der Waals surface area contributed by atoms with Crippen molar-refractivity contribution in [3.05, 3.63) is 35.9 Å². The van der Waals surface area contributed by atoms with Gasteiger partial charge in [0.15, 0.2) is 5.96 Å². The molecule has 6 nitrogen and oxygen atoms in total. The maximum atomic E-state index is 10.3. The highest BCUT2D eigenvalue weighted by molar-refractivity contribution is 5.80. The van der Waals surface area contributed by atoms with Crippen molar-refractivity contribution in [2.45, 2.75) is 44.8 Å². The van der Waals surface area contributed by atoms with Crippen LogP contribution in [0.4, 0.5) is 0 Å². The number of aliphatic imine (C=N–C) groups is 1. The maximum absolute atomic E-state index is 10.3. The number of nitrogens with zero attached hydrogens (tertiary/aromatic N) is 2. The molecular formula is C21H35N3O3. The summed E-state index contributed by atoms with van der Waals surface area (Å²) in [7, 11) is 1.72. The van der Waals surface area contributed by atoms with Gasteiger partial charge in [0.1, 0.15) is 0 Å². The normalized spacial score (nSPS) is 17.1. The fourth-order valence-corrected chi connectivity index (χ4v) is 3.26. The summed E-state index contributed by atoms with van der Waals surface area (Å²) in [6.45, 7) is 6.66. The lowest BCUT2D eigenvalue weighted by Crippen LogP contribution is -2.47. The Bertz CT molecular complexity index is 531. The van der Waals surface area contributed by atoms with E-state index in [0.717, 1.165) is 63.6 Å². The average molecular weight is 378 g/mol. The van der Waals surface area contributed by atoms with E-state index in [2.05, 4.69) is 22.1 Å². The largest absolute Gasteiger partial charge is 0.391 e. The highest BCUT2D eigenvalue weighted by Crippen LogP contribution is 2.14. The molecule has 0 amide bonds. The number of likely N-dealkylation sites (tertiary alicyclic amines) is 1. The highest BCUT2D eigenvalue weighted by Gasteiger charge is 2.22. The van der Waals surface area contributed by atoms with Gasteiger partial charge < -0.3 is 24.8 Å². The molecule has 1 heterocycles. The molecule has 1 aromatic rings. The van der Waals surface area contributed by atoms with Crippen LogP contribution in [-0.2, 0) is 15.9 Å². The quantitative estimate of drug-likeness (QED) is 0.371. The molecular weight excluding hydrogens is 342 g/mol. The fourth-order valence-electron chi connectivity index (χ4n) is 3.26. The van der Waals surface area contributed by atoms with Crippen molar-refractivity contribution in [2.24, 2.45) is 4.99 Å². The van der Waals surface area contributed by atoms with Crippen LogP contribution in [0.2, 0.25) is 0 Å². The van der Waals surface area contributed by atoms with Crippen LogP contribution in [0.5, 0.6) is 0 Å². The molecule has 0 saturated carbocycles. The van der Waals surface area contributed by atoms with Crippen LogP contribution in [0.25, 0.3) is 0 Å². The Morgan fingerprint density at radius 2 is 2.00 bits per heavy atom. The van der Waals surface area contributed by atoms with Crippen molar-refractivity contribution in [1.82, 2.24) is 10.2 Å². The molecule has 27 heavy (non-hydrogen) atoms. The number of hydrogen-bond acceptors (Lipinski definition) is 4. The molecule has 0 spiro atoms. The molecule has 1 aromatic carbocycles. The first-order valence-corrected chi connectivity index (χ1v) is 10.1. The molecule has 1 atom stereocenters. The van der Waals surface area contributed by atoms with Gasteiger partial charge in [-0.1, -0.05) is 30.3 Å². The van der Waals surface area contributed by atoms with Crippen molar-refractivity contribution in [1.29, 1.82) is 0 Å². The van der Waals surface area contributed by atoms with E-state index in [9.17, 15) is 5.11 Å². The smallest absolute Gasteiger partial charge is 0.194 e. The van der Waals surface area contributed by atoms with Crippen molar-refractivity contribution in [3.63, 3.8) is 0 Å². The van der Waals surface area contributed by atoms with Gasteiger partial charge in [0, 0.05) is 46.4 Å². The average Bonchev–Trinajstić information content (AvgIpc) is 2.70. The number of piperidine rings is 1. The molecule has 1 aliphatic heterocycles. The minimum atomic E-state index is -0.470. The zero-order chi connectivity index (χ0) is 19.3. The minimum Gasteiger partial charge on any atom is -0.391 e. The second-order valence-corrected chi connectivity index (χ2v) is 6.94. The predicted octanol–water partition coefficient (Wildman–Crippen LogP) is 2.07. The van der Waals surface area contributed by atoms with Gasteiger partial charge in [0.2, 0.25) is 0 Å². The Kier molecular flexibility index (Phi) is 10.2. The SMILES string of the molecule is CCNC(=NCC(O)Cc1ccccc1)N1CCC(OCCCOC)CC1. The summed E-state index contributed by atoms with van der Waals surface area (Å²) in [6.07, 6.45) is 3.43. The van der Waals surface area contributed by atoms with Crippen LogP contribution in [0.15, 0.2) is 35.3 Å². The van der Waals surface area contributed by atoms with E-state index < -0.39 is 6.10 Å². The van der Waals surface area contributed by atoms with Crippen molar-refractivity contribution >= 4 is 5.96 Å². The molecule has 2 rings (SSSR count). The third-order valence-corrected chi connectivity index (χ3v) is 4.69. The van der Waals surface area contributed by atoms with Gasteiger partial charge in [-0.05, 0) is 31.7 Å². The zero-order valence-corrected chi connectivity index (χ0v) is 16.8. The summed E-state index contributed by atoms with van der Waals surface area (Å²) >= 11 is 0. The lowest BCUT2D eigenvalue weighted by atomic mass is 10.1. The van der Waals surface area contributed by atoms with Gasteiger partial charge >= 0.3 is 0 Å². The predicted molar refractivity (Wildman–Crippen MR) is 109 cm³/mol. The number of rotatable bonds is 10. The molecule has 2 N–H and O–H groups in total. The van der Waals surface area contributed by atoms with Crippen LogP contribution in [0, 0.1) is 0 Å². The van der Waals surface area contributed by atoms with E-state index in [1.165, 1.54) is 0 Å². The van der Waals surface area contributed by atoms with E-state index in [1.807, 2.05) is 30.3 Å². The summed E-state index contributed by atoms with van der Waals surface area (Å²) < 4.78 is 11.0. The Morgan fingerprint density at radius 3 is 2.67 bits per heavy atom. The lowest BCUT2D eigenvalue weighted by Gasteiger charge is -2.34. The first-order valence-electron chi connectivity index (χ1n) is 10.1. The molecule has 1 unspecified atom stereocenters. The van der Waals surface area contributed by atoms with Crippen LogP contribution in [-0.4, -0.2) is 74.7 Å². The number of aliphatic hydroxyl groups excluding tert-OH is 1. The highest BCUT2D eigenvalue weighted by atomic mass is 16.5. The molecule has 1 aliphatic rings. The maximum Gasteiger partial charge on any atom is 0.194 e. The standard InChI is InChI=1S/C21H35N3O3/c1-3-22-21(23-17-19(25)16-18-8-5-4-6-9-18)24-12-10-20(11-13-24)27-15-7-14-26-2/h4-6,8-9,19-20,25H,3,7,10-17H2,1-2H3,(H,22,23). The molecule has 0 radical (unpaired) electrons. The summed E-state index contributed by atoms with van der Waals surface area (Å²) in [5.74, 6) is 0.891. The topological polar surface area (TPSA) is 66.3 Å². The Labute approximate surface area is 163 Å². The minimum absolute atomic E-state index is 0.324. The van der Waals surface area contributed by atoms with Crippen molar-refractivity contribution in [3.8, 4) is 0 Å². The van der Waals surface area contributed by atoms with Crippen LogP contribution < -0.4 is 5.32 Å².